The molecule has 3 heteroatoms. The zero-order chi connectivity index (χ0) is 14.4. The van der Waals surface area contributed by atoms with Crippen molar-refractivity contribution in [3.05, 3.63) is 63.6 Å². The van der Waals surface area contributed by atoms with Gasteiger partial charge in [-0.2, -0.15) is 0 Å². The SMILES string of the molecule is O[C@@H]1CC(c2cccc(C3CC3)c2)Oc2cc(Br)ccc21. The molecule has 2 aromatic rings. The van der Waals surface area contributed by atoms with E-state index in [4.69, 9.17) is 4.74 Å². The standard InChI is InChI=1S/C18H17BrO2/c19-14-6-7-15-16(20)10-17(21-18(15)9-14)13-3-1-2-12(8-13)11-4-5-11/h1-3,6-9,11,16-17,20H,4-5,10H2/t16-,17?/m1/s1. The first-order valence-corrected chi connectivity index (χ1v) is 8.24. The second kappa shape index (κ2) is 5.15. The van der Waals surface area contributed by atoms with Crippen LogP contribution in [-0.4, -0.2) is 5.11 Å². The van der Waals surface area contributed by atoms with Crippen molar-refractivity contribution >= 4 is 15.9 Å². The molecule has 21 heavy (non-hydrogen) atoms. The van der Waals surface area contributed by atoms with Crippen LogP contribution in [0.4, 0.5) is 0 Å². The minimum Gasteiger partial charge on any atom is -0.485 e. The number of hydrogen-bond donors (Lipinski definition) is 1. The Balaban J connectivity index is 1.66. The van der Waals surface area contributed by atoms with E-state index in [0.29, 0.717) is 6.42 Å². The van der Waals surface area contributed by atoms with Gasteiger partial charge in [-0.3, -0.25) is 0 Å². The van der Waals surface area contributed by atoms with Crippen LogP contribution in [0, 0.1) is 0 Å². The summed E-state index contributed by atoms with van der Waals surface area (Å²) in [6, 6.07) is 14.5. The molecule has 0 bridgehead atoms. The van der Waals surface area contributed by atoms with Gasteiger partial charge >= 0.3 is 0 Å². The highest BCUT2D eigenvalue weighted by Gasteiger charge is 2.29. The molecule has 2 atom stereocenters. The first-order chi connectivity index (χ1) is 10.2. The lowest BCUT2D eigenvalue weighted by Crippen LogP contribution is -2.19. The van der Waals surface area contributed by atoms with Crippen molar-refractivity contribution in [1.29, 1.82) is 0 Å². The van der Waals surface area contributed by atoms with Gasteiger partial charge in [-0.15, -0.1) is 0 Å². The van der Waals surface area contributed by atoms with Crippen LogP contribution >= 0.6 is 15.9 Å². The van der Waals surface area contributed by atoms with Gasteiger partial charge in [0.05, 0.1) is 6.10 Å². The number of hydrogen-bond acceptors (Lipinski definition) is 2. The molecule has 2 aromatic carbocycles. The Morgan fingerprint density at radius 3 is 2.67 bits per heavy atom. The lowest BCUT2D eigenvalue weighted by molar-refractivity contribution is 0.0656. The van der Waals surface area contributed by atoms with Crippen LogP contribution in [0.2, 0.25) is 0 Å². The maximum Gasteiger partial charge on any atom is 0.127 e. The summed E-state index contributed by atoms with van der Waals surface area (Å²) in [5.74, 6) is 1.52. The minimum atomic E-state index is -0.462. The number of ether oxygens (including phenoxy) is 1. The van der Waals surface area contributed by atoms with Crippen molar-refractivity contribution in [2.45, 2.75) is 37.4 Å². The monoisotopic (exact) mass is 344 g/mol. The Morgan fingerprint density at radius 1 is 1.05 bits per heavy atom. The summed E-state index contributed by atoms with van der Waals surface area (Å²) >= 11 is 3.46. The van der Waals surface area contributed by atoms with Crippen molar-refractivity contribution in [2.75, 3.05) is 0 Å². The Kier molecular flexibility index (Phi) is 3.27. The van der Waals surface area contributed by atoms with E-state index < -0.39 is 6.10 Å². The van der Waals surface area contributed by atoms with E-state index >= 15 is 0 Å². The number of fused-ring (bicyclic) bond motifs is 1. The molecule has 1 heterocycles. The summed E-state index contributed by atoms with van der Waals surface area (Å²) in [5.41, 5.74) is 3.46. The van der Waals surface area contributed by atoms with Gasteiger partial charge in [0.15, 0.2) is 0 Å². The average Bonchev–Trinajstić information content (AvgIpc) is 3.31. The summed E-state index contributed by atoms with van der Waals surface area (Å²) in [5, 5.41) is 10.4. The lowest BCUT2D eigenvalue weighted by Gasteiger charge is -2.30. The fourth-order valence-electron chi connectivity index (χ4n) is 3.05. The van der Waals surface area contributed by atoms with E-state index in [-0.39, 0.29) is 6.10 Å². The summed E-state index contributed by atoms with van der Waals surface area (Å²) in [6.45, 7) is 0. The first-order valence-electron chi connectivity index (χ1n) is 7.45. The van der Waals surface area contributed by atoms with Gasteiger partial charge in [0.2, 0.25) is 0 Å². The average molecular weight is 345 g/mol. The molecule has 0 amide bonds. The van der Waals surface area contributed by atoms with Gasteiger partial charge in [-0.25, -0.2) is 0 Å². The summed E-state index contributed by atoms with van der Waals surface area (Å²) < 4.78 is 7.11. The molecule has 0 spiro atoms. The van der Waals surface area contributed by atoms with Crippen molar-refractivity contribution in [3.8, 4) is 5.75 Å². The zero-order valence-electron chi connectivity index (χ0n) is 11.6. The van der Waals surface area contributed by atoms with Crippen LogP contribution in [0.3, 0.4) is 0 Å². The smallest absolute Gasteiger partial charge is 0.127 e. The molecule has 1 N–H and O–H groups in total. The number of rotatable bonds is 2. The number of halogens is 1. The van der Waals surface area contributed by atoms with Gasteiger partial charge in [0, 0.05) is 16.5 Å². The van der Waals surface area contributed by atoms with Crippen LogP contribution < -0.4 is 4.74 Å². The molecule has 1 unspecified atom stereocenters. The zero-order valence-corrected chi connectivity index (χ0v) is 13.2. The fraction of sp³-hybridized carbons (Fsp3) is 0.333. The summed E-state index contributed by atoms with van der Waals surface area (Å²) in [7, 11) is 0. The first kappa shape index (κ1) is 13.4. The van der Waals surface area contributed by atoms with Crippen molar-refractivity contribution in [2.24, 2.45) is 0 Å². The van der Waals surface area contributed by atoms with Gasteiger partial charge in [0.1, 0.15) is 11.9 Å². The third-order valence-electron chi connectivity index (χ3n) is 4.37. The Hall–Kier alpha value is -1.32. The molecule has 0 radical (unpaired) electrons. The second-order valence-corrected chi connectivity index (χ2v) is 6.90. The van der Waals surface area contributed by atoms with Crippen molar-refractivity contribution in [1.82, 2.24) is 0 Å². The van der Waals surface area contributed by atoms with Crippen molar-refractivity contribution in [3.63, 3.8) is 0 Å². The molecule has 1 aliphatic carbocycles. The number of aliphatic hydroxyl groups is 1. The van der Waals surface area contributed by atoms with Crippen LogP contribution in [0.5, 0.6) is 5.75 Å². The van der Waals surface area contributed by atoms with Crippen LogP contribution in [0.25, 0.3) is 0 Å². The molecule has 0 aromatic heterocycles. The van der Waals surface area contributed by atoms with E-state index in [0.717, 1.165) is 21.7 Å². The van der Waals surface area contributed by atoms with E-state index in [1.54, 1.807) is 0 Å². The highest BCUT2D eigenvalue weighted by atomic mass is 79.9. The van der Waals surface area contributed by atoms with Gasteiger partial charge in [-0.05, 0) is 42.0 Å². The topological polar surface area (TPSA) is 29.5 Å². The third kappa shape index (κ3) is 2.60. The highest BCUT2D eigenvalue weighted by molar-refractivity contribution is 9.10. The molecule has 4 rings (SSSR count). The summed E-state index contributed by atoms with van der Waals surface area (Å²) in [6.07, 6.45) is 2.68. The lowest BCUT2D eigenvalue weighted by atomic mass is 9.94. The van der Waals surface area contributed by atoms with E-state index in [2.05, 4.69) is 40.2 Å². The van der Waals surface area contributed by atoms with E-state index in [1.807, 2.05) is 18.2 Å². The fourth-order valence-corrected chi connectivity index (χ4v) is 3.39. The normalized spacial score (nSPS) is 24.3. The highest BCUT2D eigenvalue weighted by Crippen LogP contribution is 2.44. The number of aliphatic hydroxyl groups excluding tert-OH is 1. The maximum atomic E-state index is 10.4. The molecule has 1 saturated carbocycles. The summed E-state index contributed by atoms with van der Waals surface area (Å²) in [4.78, 5) is 0. The van der Waals surface area contributed by atoms with E-state index in [9.17, 15) is 5.11 Å². The Bertz CT molecular complexity index is 679. The maximum absolute atomic E-state index is 10.4. The largest absolute Gasteiger partial charge is 0.485 e. The molecular formula is C18H17BrO2. The molecule has 108 valence electrons. The van der Waals surface area contributed by atoms with E-state index in [1.165, 1.54) is 24.0 Å². The molecule has 2 aliphatic rings. The molecule has 0 saturated heterocycles. The van der Waals surface area contributed by atoms with Crippen LogP contribution in [0.15, 0.2) is 46.9 Å². The molecule has 1 aliphatic heterocycles. The molecular weight excluding hydrogens is 328 g/mol. The predicted molar refractivity (Wildman–Crippen MR) is 85.5 cm³/mol. The van der Waals surface area contributed by atoms with Gasteiger partial charge in [-0.1, -0.05) is 46.3 Å². The third-order valence-corrected chi connectivity index (χ3v) is 4.87. The number of benzene rings is 2. The van der Waals surface area contributed by atoms with Crippen molar-refractivity contribution < 1.29 is 9.84 Å². The molecule has 1 fully saturated rings. The van der Waals surface area contributed by atoms with Gasteiger partial charge in [0.25, 0.3) is 0 Å². The van der Waals surface area contributed by atoms with Gasteiger partial charge < -0.3 is 9.84 Å². The Morgan fingerprint density at radius 2 is 1.86 bits per heavy atom. The Labute approximate surface area is 132 Å². The molecule has 2 nitrogen and oxygen atoms in total. The second-order valence-electron chi connectivity index (χ2n) is 5.98. The van der Waals surface area contributed by atoms with Crippen LogP contribution in [0.1, 0.15) is 54.1 Å². The quantitative estimate of drug-likeness (QED) is 0.840. The predicted octanol–water partition coefficient (Wildman–Crippen LogP) is 4.88. The minimum absolute atomic E-state index is 0.0690. The van der Waals surface area contributed by atoms with Crippen LogP contribution in [-0.2, 0) is 0 Å².